The number of aldehydes is 1. The van der Waals surface area contributed by atoms with E-state index in [2.05, 4.69) is 5.32 Å². The van der Waals surface area contributed by atoms with E-state index in [1.165, 1.54) is 26.2 Å². The summed E-state index contributed by atoms with van der Waals surface area (Å²) in [7, 11) is 1.36. The van der Waals surface area contributed by atoms with Crippen LogP contribution in [-0.2, 0) is 15.1 Å². The number of carbonyl (C=O) groups is 2. The van der Waals surface area contributed by atoms with E-state index in [1.807, 2.05) is 0 Å². The van der Waals surface area contributed by atoms with Crippen molar-refractivity contribution in [3.8, 4) is 5.75 Å². The molecule has 6 heteroatoms. The Balaban J connectivity index is 3.10. The fourth-order valence-electron chi connectivity index (χ4n) is 1.77. The zero-order valence-electron chi connectivity index (χ0n) is 12.8. The van der Waals surface area contributed by atoms with Crippen molar-refractivity contribution in [2.24, 2.45) is 0 Å². The molecule has 0 bridgehead atoms. The minimum atomic E-state index is -1.39. The van der Waals surface area contributed by atoms with Crippen LogP contribution < -0.4 is 10.1 Å². The Morgan fingerprint density at radius 2 is 1.90 bits per heavy atom. The average Bonchev–Trinajstić information content (AvgIpc) is 2.35. The first-order chi connectivity index (χ1) is 9.61. The van der Waals surface area contributed by atoms with Crippen LogP contribution in [0, 0.1) is 5.82 Å². The van der Waals surface area contributed by atoms with Gasteiger partial charge in [0.25, 0.3) is 0 Å². The lowest BCUT2D eigenvalue weighted by Crippen LogP contribution is -2.47. The normalized spacial score (nSPS) is 14.0. The van der Waals surface area contributed by atoms with Crippen LogP contribution in [0.15, 0.2) is 18.2 Å². The summed E-state index contributed by atoms with van der Waals surface area (Å²) in [6.45, 7) is 6.62. The highest BCUT2D eigenvalue weighted by Gasteiger charge is 2.33. The Hall–Kier alpha value is -2.11. The number of nitrogens with one attached hydrogen (secondary N) is 1. The van der Waals surface area contributed by atoms with Crippen LogP contribution in [0.1, 0.15) is 33.3 Å². The summed E-state index contributed by atoms with van der Waals surface area (Å²) in [5.41, 5.74) is -1.74. The SMILES string of the molecule is COc1cc(F)ccc1C(C)(C=O)NC(=O)OC(C)(C)C. The minimum absolute atomic E-state index is 0.167. The van der Waals surface area contributed by atoms with Crippen molar-refractivity contribution in [1.29, 1.82) is 0 Å². The summed E-state index contributed by atoms with van der Waals surface area (Å²) < 4.78 is 23.4. The Labute approximate surface area is 123 Å². The number of hydrogen-bond acceptors (Lipinski definition) is 4. The first-order valence-corrected chi connectivity index (χ1v) is 6.43. The summed E-state index contributed by atoms with van der Waals surface area (Å²) in [4.78, 5) is 23.3. The van der Waals surface area contributed by atoms with Gasteiger partial charge >= 0.3 is 6.09 Å². The standard InChI is InChI=1S/C15H20FNO4/c1-14(2,3)21-13(19)17-15(4,9-18)11-7-6-10(16)8-12(11)20-5/h6-9H,1-5H3,(H,17,19). The van der Waals surface area contributed by atoms with Gasteiger partial charge in [-0.3, -0.25) is 0 Å². The molecule has 0 spiro atoms. The lowest BCUT2D eigenvalue weighted by molar-refractivity contribution is -0.113. The molecule has 0 radical (unpaired) electrons. The second-order valence-electron chi connectivity index (χ2n) is 5.79. The number of hydrogen-bond donors (Lipinski definition) is 1. The molecule has 1 amide bonds. The third kappa shape index (κ3) is 4.44. The predicted molar refractivity (Wildman–Crippen MR) is 75.7 cm³/mol. The van der Waals surface area contributed by atoms with E-state index in [1.54, 1.807) is 20.8 Å². The van der Waals surface area contributed by atoms with E-state index in [-0.39, 0.29) is 5.75 Å². The van der Waals surface area contributed by atoms with Crippen molar-refractivity contribution in [2.45, 2.75) is 38.8 Å². The molecule has 0 aromatic heterocycles. The maximum Gasteiger partial charge on any atom is 0.408 e. The van der Waals surface area contributed by atoms with Gasteiger partial charge < -0.3 is 19.6 Å². The van der Waals surface area contributed by atoms with Crippen LogP contribution in [0.3, 0.4) is 0 Å². The van der Waals surface area contributed by atoms with Crippen LogP contribution in [0.5, 0.6) is 5.75 Å². The second kappa shape index (κ2) is 6.11. The molecule has 0 heterocycles. The van der Waals surface area contributed by atoms with Crippen LogP contribution in [0.2, 0.25) is 0 Å². The number of ether oxygens (including phenoxy) is 2. The predicted octanol–water partition coefficient (Wildman–Crippen LogP) is 2.77. The zero-order valence-corrected chi connectivity index (χ0v) is 12.8. The molecule has 1 aromatic carbocycles. The first kappa shape index (κ1) is 16.9. The topological polar surface area (TPSA) is 64.6 Å². The fraction of sp³-hybridized carbons (Fsp3) is 0.467. The lowest BCUT2D eigenvalue weighted by atomic mass is 9.92. The molecule has 116 valence electrons. The molecule has 0 aliphatic carbocycles. The maximum atomic E-state index is 13.2. The minimum Gasteiger partial charge on any atom is -0.496 e. The smallest absolute Gasteiger partial charge is 0.408 e. The van der Waals surface area contributed by atoms with E-state index < -0.39 is 23.1 Å². The maximum absolute atomic E-state index is 13.2. The third-order valence-electron chi connectivity index (χ3n) is 2.72. The van der Waals surface area contributed by atoms with Crippen LogP contribution in [-0.4, -0.2) is 25.1 Å². The molecule has 21 heavy (non-hydrogen) atoms. The Morgan fingerprint density at radius 1 is 1.29 bits per heavy atom. The highest BCUT2D eigenvalue weighted by Crippen LogP contribution is 2.29. The van der Waals surface area contributed by atoms with Gasteiger partial charge in [0.15, 0.2) is 0 Å². The van der Waals surface area contributed by atoms with E-state index in [4.69, 9.17) is 9.47 Å². The van der Waals surface area contributed by atoms with Crippen molar-refractivity contribution >= 4 is 12.4 Å². The monoisotopic (exact) mass is 297 g/mol. The van der Waals surface area contributed by atoms with Crippen LogP contribution in [0.4, 0.5) is 9.18 Å². The van der Waals surface area contributed by atoms with E-state index in [0.717, 1.165) is 6.07 Å². The molecule has 0 aliphatic rings. The molecule has 0 saturated heterocycles. The molecule has 1 atom stereocenters. The fourth-order valence-corrected chi connectivity index (χ4v) is 1.77. The third-order valence-corrected chi connectivity index (χ3v) is 2.72. The quantitative estimate of drug-likeness (QED) is 0.868. The van der Waals surface area contributed by atoms with Crippen molar-refractivity contribution in [3.05, 3.63) is 29.6 Å². The molecule has 0 fully saturated rings. The lowest BCUT2D eigenvalue weighted by Gasteiger charge is -2.28. The molecule has 0 saturated carbocycles. The summed E-state index contributed by atoms with van der Waals surface area (Å²) >= 11 is 0. The largest absolute Gasteiger partial charge is 0.496 e. The highest BCUT2D eigenvalue weighted by atomic mass is 19.1. The molecule has 1 rings (SSSR count). The molecule has 1 unspecified atom stereocenters. The molecule has 5 nitrogen and oxygen atoms in total. The number of carbonyl (C=O) groups excluding carboxylic acids is 2. The van der Waals surface area contributed by atoms with Crippen LogP contribution in [0.25, 0.3) is 0 Å². The number of alkyl carbamates (subject to hydrolysis) is 1. The number of amides is 1. The van der Waals surface area contributed by atoms with Gasteiger partial charge in [-0.1, -0.05) is 0 Å². The number of methoxy groups -OCH3 is 1. The zero-order chi connectivity index (χ0) is 16.3. The molecule has 0 aliphatic heterocycles. The molecule has 1 aromatic rings. The summed E-state index contributed by atoms with van der Waals surface area (Å²) in [5.74, 6) is -0.332. The molecular formula is C15H20FNO4. The molecular weight excluding hydrogens is 277 g/mol. The average molecular weight is 297 g/mol. The Kier molecular flexibility index (Phi) is 4.93. The van der Waals surface area contributed by atoms with Gasteiger partial charge in [-0.05, 0) is 39.8 Å². The van der Waals surface area contributed by atoms with Gasteiger partial charge in [-0.2, -0.15) is 0 Å². The van der Waals surface area contributed by atoms with E-state index in [9.17, 15) is 14.0 Å². The van der Waals surface area contributed by atoms with Gasteiger partial charge in [-0.15, -0.1) is 0 Å². The van der Waals surface area contributed by atoms with Gasteiger partial charge in [0.2, 0.25) is 0 Å². The van der Waals surface area contributed by atoms with Crippen LogP contribution >= 0.6 is 0 Å². The number of rotatable bonds is 4. The van der Waals surface area contributed by atoms with E-state index in [0.29, 0.717) is 11.8 Å². The summed E-state index contributed by atoms with van der Waals surface area (Å²) in [6, 6.07) is 3.73. The molecule has 1 N–H and O–H groups in total. The van der Waals surface area contributed by atoms with Crippen molar-refractivity contribution in [3.63, 3.8) is 0 Å². The summed E-state index contributed by atoms with van der Waals surface area (Å²) in [5, 5.41) is 2.48. The Morgan fingerprint density at radius 3 is 2.38 bits per heavy atom. The van der Waals surface area contributed by atoms with E-state index >= 15 is 0 Å². The van der Waals surface area contributed by atoms with Gasteiger partial charge in [0.1, 0.15) is 29.0 Å². The van der Waals surface area contributed by atoms with Gasteiger partial charge in [0, 0.05) is 11.6 Å². The van der Waals surface area contributed by atoms with Crippen molar-refractivity contribution in [2.75, 3.05) is 7.11 Å². The first-order valence-electron chi connectivity index (χ1n) is 6.43. The van der Waals surface area contributed by atoms with Crippen molar-refractivity contribution < 1.29 is 23.5 Å². The second-order valence-corrected chi connectivity index (χ2v) is 5.79. The number of benzene rings is 1. The van der Waals surface area contributed by atoms with Gasteiger partial charge in [0.05, 0.1) is 7.11 Å². The van der Waals surface area contributed by atoms with Crippen molar-refractivity contribution in [1.82, 2.24) is 5.32 Å². The highest BCUT2D eigenvalue weighted by molar-refractivity contribution is 5.78. The number of halogens is 1. The summed E-state index contributed by atoms with van der Waals surface area (Å²) in [6.07, 6.45) is -0.198. The van der Waals surface area contributed by atoms with Gasteiger partial charge in [-0.25, -0.2) is 9.18 Å². The Bertz CT molecular complexity index is 539.